The van der Waals surface area contributed by atoms with Crippen LogP contribution in [0.3, 0.4) is 0 Å². The quantitative estimate of drug-likeness (QED) is 0.744. The number of fused-ring (bicyclic) bond motifs is 1. The standard InChI is InChI=1S/C23H26N4O/c1-26-11-13-27(14-12-26)17-23(22(24)28,20-5-3-2-4-6-20)21-8-7-19-16-25-10-9-18(19)15-21/h2-10,15-16H,11-14,17H2,1H3,(H2,24,28). The zero-order valence-electron chi connectivity index (χ0n) is 16.2. The molecule has 5 heteroatoms. The van der Waals surface area contributed by atoms with Crippen LogP contribution in [0.4, 0.5) is 0 Å². The summed E-state index contributed by atoms with van der Waals surface area (Å²) >= 11 is 0. The van der Waals surface area contributed by atoms with Crippen molar-refractivity contribution in [3.63, 3.8) is 0 Å². The second kappa shape index (κ2) is 7.70. The third-order valence-corrected chi connectivity index (χ3v) is 5.88. The van der Waals surface area contributed by atoms with Crippen molar-refractivity contribution in [1.29, 1.82) is 0 Å². The van der Waals surface area contributed by atoms with E-state index in [1.165, 1.54) is 0 Å². The van der Waals surface area contributed by atoms with Gasteiger partial charge in [0.25, 0.3) is 0 Å². The molecule has 2 aromatic carbocycles. The molecule has 144 valence electrons. The van der Waals surface area contributed by atoms with Crippen LogP contribution in [0.1, 0.15) is 11.1 Å². The lowest BCUT2D eigenvalue weighted by Crippen LogP contribution is -2.54. The minimum absolute atomic E-state index is 0.314. The molecule has 1 aliphatic heterocycles. The lowest BCUT2D eigenvalue weighted by molar-refractivity contribution is -0.123. The van der Waals surface area contributed by atoms with Crippen molar-refractivity contribution in [3.05, 3.63) is 78.1 Å². The van der Waals surface area contributed by atoms with Crippen LogP contribution in [0.15, 0.2) is 67.0 Å². The lowest BCUT2D eigenvalue weighted by atomic mass is 9.72. The fraction of sp³-hybridized carbons (Fsp3) is 0.304. The summed E-state index contributed by atoms with van der Waals surface area (Å²) in [6.07, 6.45) is 3.62. The summed E-state index contributed by atoms with van der Waals surface area (Å²) < 4.78 is 0. The van der Waals surface area contributed by atoms with Crippen molar-refractivity contribution in [3.8, 4) is 0 Å². The van der Waals surface area contributed by atoms with Crippen LogP contribution in [0.5, 0.6) is 0 Å². The van der Waals surface area contributed by atoms with E-state index in [0.717, 1.165) is 48.1 Å². The average molecular weight is 374 g/mol. The lowest BCUT2D eigenvalue weighted by Gasteiger charge is -2.40. The second-order valence-corrected chi connectivity index (χ2v) is 7.65. The van der Waals surface area contributed by atoms with Crippen LogP contribution >= 0.6 is 0 Å². The van der Waals surface area contributed by atoms with E-state index in [0.29, 0.717) is 6.54 Å². The van der Waals surface area contributed by atoms with Crippen LogP contribution in [0.2, 0.25) is 0 Å². The highest BCUT2D eigenvalue weighted by Gasteiger charge is 2.42. The Morgan fingerprint density at radius 1 is 1.00 bits per heavy atom. The summed E-state index contributed by atoms with van der Waals surface area (Å²) in [5, 5.41) is 2.12. The topological polar surface area (TPSA) is 62.5 Å². The summed E-state index contributed by atoms with van der Waals surface area (Å²) in [5.41, 5.74) is 7.12. The third kappa shape index (κ3) is 3.39. The summed E-state index contributed by atoms with van der Waals surface area (Å²) in [7, 11) is 2.13. The predicted molar refractivity (Wildman–Crippen MR) is 112 cm³/mol. The van der Waals surface area contributed by atoms with E-state index in [2.05, 4.69) is 27.9 Å². The molecule has 0 aliphatic carbocycles. The smallest absolute Gasteiger partial charge is 0.233 e. The van der Waals surface area contributed by atoms with Crippen molar-refractivity contribution in [2.24, 2.45) is 5.73 Å². The van der Waals surface area contributed by atoms with Gasteiger partial charge in [0.05, 0.1) is 0 Å². The number of pyridine rings is 1. The van der Waals surface area contributed by atoms with Crippen LogP contribution in [-0.2, 0) is 10.2 Å². The Hall–Kier alpha value is -2.76. The molecule has 1 amide bonds. The zero-order chi connectivity index (χ0) is 19.6. The van der Waals surface area contributed by atoms with Gasteiger partial charge in [-0.1, -0.05) is 42.5 Å². The zero-order valence-corrected chi connectivity index (χ0v) is 16.2. The van der Waals surface area contributed by atoms with Gasteiger partial charge in [-0.15, -0.1) is 0 Å². The number of hydrogen-bond acceptors (Lipinski definition) is 4. The molecule has 3 aromatic rings. The monoisotopic (exact) mass is 374 g/mol. The highest BCUT2D eigenvalue weighted by molar-refractivity contribution is 5.93. The molecule has 0 saturated carbocycles. The molecule has 5 nitrogen and oxygen atoms in total. The van der Waals surface area contributed by atoms with E-state index < -0.39 is 5.41 Å². The van der Waals surface area contributed by atoms with E-state index >= 15 is 0 Å². The Morgan fingerprint density at radius 3 is 2.46 bits per heavy atom. The Balaban J connectivity index is 1.84. The van der Waals surface area contributed by atoms with Gasteiger partial charge in [0.2, 0.25) is 5.91 Å². The van der Waals surface area contributed by atoms with Crippen LogP contribution in [0.25, 0.3) is 10.8 Å². The summed E-state index contributed by atoms with van der Waals surface area (Å²) in [4.78, 5) is 21.9. The first kappa shape index (κ1) is 18.6. The van der Waals surface area contributed by atoms with Gasteiger partial charge in [-0.2, -0.15) is 0 Å². The van der Waals surface area contributed by atoms with E-state index in [9.17, 15) is 4.79 Å². The van der Waals surface area contributed by atoms with Gasteiger partial charge in [0, 0.05) is 50.5 Å². The highest BCUT2D eigenvalue weighted by atomic mass is 16.1. The molecule has 0 spiro atoms. The van der Waals surface area contributed by atoms with Crippen molar-refractivity contribution in [1.82, 2.24) is 14.8 Å². The number of aromatic nitrogens is 1. The van der Waals surface area contributed by atoms with Crippen molar-refractivity contribution in [2.45, 2.75) is 5.41 Å². The average Bonchev–Trinajstić information content (AvgIpc) is 2.73. The second-order valence-electron chi connectivity index (χ2n) is 7.65. The Morgan fingerprint density at radius 2 is 1.75 bits per heavy atom. The van der Waals surface area contributed by atoms with Gasteiger partial charge in [0.1, 0.15) is 5.41 Å². The largest absolute Gasteiger partial charge is 0.369 e. The number of amides is 1. The third-order valence-electron chi connectivity index (χ3n) is 5.88. The predicted octanol–water partition coefficient (Wildman–Crippen LogP) is 2.25. The number of carbonyl (C=O) groups is 1. The van der Waals surface area contributed by atoms with E-state index in [1.807, 2.05) is 54.7 Å². The summed E-state index contributed by atoms with van der Waals surface area (Å²) in [6, 6.07) is 18.1. The van der Waals surface area contributed by atoms with E-state index in [4.69, 9.17) is 5.73 Å². The number of piperazine rings is 1. The van der Waals surface area contributed by atoms with Gasteiger partial charge < -0.3 is 10.6 Å². The van der Waals surface area contributed by atoms with Gasteiger partial charge >= 0.3 is 0 Å². The molecule has 0 bridgehead atoms. The first-order valence-electron chi connectivity index (χ1n) is 9.70. The molecule has 0 radical (unpaired) electrons. The number of hydrogen-bond donors (Lipinski definition) is 1. The fourth-order valence-electron chi connectivity index (χ4n) is 4.12. The van der Waals surface area contributed by atoms with E-state index in [1.54, 1.807) is 6.20 Å². The molecule has 1 atom stereocenters. The number of benzene rings is 2. The van der Waals surface area contributed by atoms with Crippen molar-refractivity contribution in [2.75, 3.05) is 39.8 Å². The molecule has 1 saturated heterocycles. The molecule has 28 heavy (non-hydrogen) atoms. The first-order chi connectivity index (χ1) is 13.6. The highest BCUT2D eigenvalue weighted by Crippen LogP contribution is 2.35. The Bertz CT molecular complexity index is 967. The number of carbonyl (C=O) groups excluding carboxylic acids is 1. The van der Waals surface area contributed by atoms with Gasteiger partial charge in [-0.05, 0) is 35.7 Å². The molecule has 1 unspecified atom stereocenters. The van der Waals surface area contributed by atoms with Crippen LogP contribution in [-0.4, -0.2) is 60.5 Å². The molecule has 2 heterocycles. The molecular weight excluding hydrogens is 348 g/mol. The van der Waals surface area contributed by atoms with Gasteiger partial charge in [0.15, 0.2) is 0 Å². The minimum Gasteiger partial charge on any atom is -0.369 e. The number of nitrogens with two attached hydrogens (primary N) is 1. The summed E-state index contributed by atoms with van der Waals surface area (Å²) in [5.74, 6) is -0.314. The maximum Gasteiger partial charge on any atom is 0.233 e. The normalized spacial score (nSPS) is 18.0. The number of primary amides is 1. The van der Waals surface area contributed by atoms with Crippen LogP contribution in [0, 0.1) is 0 Å². The van der Waals surface area contributed by atoms with Gasteiger partial charge in [-0.25, -0.2) is 0 Å². The fourth-order valence-corrected chi connectivity index (χ4v) is 4.12. The maximum absolute atomic E-state index is 13.1. The van der Waals surface area contributed by atoms with E-state index in [-0.39, 0.29) is 5.91 Å². The molecular formula is C23H26N4O. The van der Waals surface area contributed by atoms with Crippen molar-refractivity contribution < 1.29 is 4.79 Å². The number of rotatable bonds is 5. The SMILES string of the molecule is CN1CCN(CC(C(N)=O)(c2ccccc2)c2ccc3cnccc3c2)CC1. The molecule has 1 fully saturated rings. The summed E-state index contributed by atoms with van der Waals surface area (Å²) in [6.45, 7) is 4.42. The molecule has 2 N–H and O–H groups in total. The number of likely N-dealkylation sites (N-methyl/N-ethyl adjacent to an activating group) is 1. The maximum atomic E-state index is 13.1. The Kier molecular flexibility index (Phi) is 5.11. The van der Waals surface area contributed by atoms with Gasteiger partial charge in [-0.3, -0.25) is 14.7 Å². The minimum atomic E-state index is -0.894. The Labute approximate surface area is 165 Å². The van der Waals surface area contributed by atoms with Crippen LogP contribution < -0.4 is 5.73 Å². The number of nitrogens with zero attached hydrogens (tertiary/aromatic N) is 3. The first-order valence-corrected chi connectivity index (χ1v) is 9.70. The molecule has 1 aliphatic rings. The van der Waals surface area contributed by atoms with Crippen molar-refractivity contribution >= 4 is 16.7 Å². The molecule has 4 rings (SSSR count). The molecule has 1 aromatic heterocycles.